The molecular weight excluding hydrogens is 466 g/mol. The first kappa shape index (κ1) is 24.0. The fourth-order valence-electron chi connectivity index (χ4n) is 4.34. The lowest BCUT2D eigenvalue weighted by atomic mass is 10.0. The summed E-state index contributed by atoms with van der Waals surface area (Å²) in [4.78, 5) is 29.1. The Morgan fingerprint density at radius 3 is 2.38 bits per heavy atom. The summed E-state index contributed by atoms with van der Waals surface area (Å²) in [5.74, 6) is 0.123. The summed E-state index contributed by atoms with van der Waals surface area (Å²) in [6, 6.07) is 29.5. The van der Waals surface area contributed by atoms with Crippen LogP contribution < -0.4 is 5.32 Å². The van der Waals surface area contributed by atoms with Crippen molar-refractivity contribution in [3.05, 3.63) is 120 Å². The van der Waals surface area contributed by atoms with Crippen molar-refractivity contribution in [3.8, 4) is 0 Å². The van der Waals surface area contributed by atoms with Crippen LogP contribution >= 0.6 is 0 Å². The Morgan fingerprint density at radius 2 is 1.62 bits per heavy atom. The zero-order valence-corrected chi connectivity index (χ0v) is 20.2. The SMILES string of the molecule is O=C(NCc1ccco1)C(c1ccccc1)N(CCc1ccccc1)C(=O)Cn1nnc2ccccc21. The van der Waals surface area contributed by atoms with E-state index in [0.717, 1.165) is 16.6 Å². The Hall–Kier alpha value is -4.72. The number of carbonyl (C=O) groups excluding carboxylic acids is 2. The molecule has 0 aliphatic carbocycles. The number of hydrogen-bond donors (Lipinski definition) is 1. The van der Waals surface area contributed by atoms with E-state index in [1.807, 2.05) is 84.9 Å². The quantitative estimate of drug-likeness (QED) is 0.315. The number of nitrogens with zero attached hydrogens (tertiary/aromatic N) is 4. The molecule has 3 aromatic carbocycles. The van der Waals surface area contributed by atoms with E-state index in [1.165, 1.54) is 0 Å². The van der Waals surface area contributed by atoms with Crippen LogP contribution in [0.25, 0.3) is 11.0 Å². The van der Waals surface area contributed by atoms with Crippen molar-refractivity contribution in [2.24, 2.45) is 0 Å². The number of nitrogens with one attached hydrogen (secondary N) is 1. The minimum atomic E-state index is -0.831. The van der Waals surface area contributed by atoms with Crippen LogP contribution in [0.3, 0.4) is 0 Å². The largest absolute Gasteiger partial charge is 0.467 e. The monoisotopic (exact) mass is 493 g/mol. The first-order valence-corrected chi connectivity index (χ1v) is 12.2. The molecule has 0 aliphatic rings. The topological polar surface area (TPSA) is 93.3 Å². The molecule has 8 nitrogen and oxygen atoms in total. The molecule has 186 valence electrons. The molecule has 37 heavy (non-hydrogen) atoms. The van der Waals surface area contributed by atoms with Gasteiger partial charge >= 0.3 is 0 Å². The van der Waals surface area contributed by atoms with Crippen molar-refractivity contribution in [2.45, 2.75) is 25.6 Å². The van der Waals surface area contributed by atoms with Gasteiger partial charge in [-0.05, 0) is 41.8 Å². The highest BCUT2D eigenvalue weighted by molar-refractivity contribution is 5.89. The van der Waals surface area contributed by atoms with Crippen LogP contribution in [0.1, 0.15) is 22.9 Å². The zero-order chi connectivity index (χ0) is 25.5. The third-order valence-electron chi connectivity index (χ3n) is 6.20. The highest BCUT2D eigenvalue weighted by atomic mass is 16.3. The average Bonchev–Trinajstić information content (AvgIpc) is 3.61. The van der Waals surface area contributed by atoms with Crippen molar-refractivity contribution in [2.75, 3.05) is 6.54 Å². The summed E-state index contributed by atoms with van der Waals surface area (Å²) < 4.78 is 6.96. The fourth-order valence-corrected chi connectivity index (χ4v) is 4.34. The third-order valence-corrected chi connectivity index (χ3v) is 6.20. The van der Waals surface area contributed by atoms with Crippen molar-refractivity contribution in [1.29, 1.82) is 0 Å². The molecule has 1 atom stereocenters. The summed E-state index contributed by atoms with van der Waals surface area (Å²) in [5.41, 5.74) is 3.28. The molecular formula is C29H27N5O3. The standard InChI is InChI=1S/C29H27N5O3/c35-27(21-34-26-16-8-7-15-25(26)31-32-34)33(18-17-22-10-3-1-4-11-22)28(23-12-5-2-6-13-23)29(36)30-20-24-14-9-19-37-24/h1-16,19,28H,17-18,20-21H2,(H,30,36). The highest BCUT2D eigenvalue weighted by Crippen LogP contribution is 2.23. The van der Waals surface area contributed by atoms with E-state index in [4.69, 9.17) is 4.42 Å². The summed E-state index contributed by atoms with van der Waals surface area (Å²) in [6.45, 7) is 0.539. The summed E-state index contributed by atoms with van der Waals surface area (Å²) in [6.07, 6.45) is 2.16. The maximum absolute atomic E-state index is 13.9. The first-order valence-electron chi connectivity index (χ1n) is 12.2. The van der Waals surface area contributed by atoms with Crippen LogP contribution in [0.4, 0.5) is 0 Å². The molecule has 2 heterocycles. The van der Waals surface area contributed by atoms with Gasteiger partial charge in [-0.25, -0.2) is 4.68 Å². The minimum Gasteiger partial charge on any atom is -0.467 e. The summed E-state index contributed by atoms with van der Waals surface area (Å²) in [7, 11) is 0. The number of aromatic nitrogens is 3. The van der Waals surface area contributed by atoms with Gasteiger partial charge in [0.2, 0.25) is 11.8 Å². The van der Waals surface area contributed by atoms with Gasteiger partial charge in [-0.3, -0.25) is 9.59 Å². The lowest BCUT2D eigenvalue weighted by Crippen LogP contribution is -2.45. The molecule has 1 N–H and O–H groups in total. The maximum Gasteiger partial charge on any atom is 0.247 e. The molecule has 2 aromatic heterocycles. The Kier molecular flexibility index (Phi) is 7.36. The van der Waals surface area contributed by atoms with Crippen LogP contribution in [0.5, 0.6) is 0 Å². The van der Waals surface area contributed by atoms with Crippen LogP contribution in [-0.4, -0.2) is 38.3 Å². The number of para-hydroxylation sites is 1. The van der Waals surface area contributed by atoms with Gasteiger partial charge in [0.15, 0.2) is 0 Å². The number of furan rings is 1. The predicted molar refractivity (Wildman–Crippen MR) is 139 cm³/mol. The van der Waals surface area contributed by atoms with Gasteiger partial charge in [-0.2, -0.15) is 0 Å². The second-order valence-corrected chi connectivity index (χ2v) is 8.67. The first-order chi connectivity index (χ1) is 18.2. The Balaban J connectivity index is 1.46. The molecule has 0 radical (unpaired) electrons. The smallest absolute Gasteiger partial charge is 0.247 e. The molecule has 0 saturated heterocycles. The number of rotatable bonds is 10. The van der Waals surface area contributed by atoms with Crippen LogP contribution in [0, 0.1) is 0 Å². The molecule has 0 fully saturated rings. The number of fused-ring (bicyclic) bond motifs is 1. The molecule has 8 heteroatoms. The lowest BCUT2D eigenvalue weighted by Gasteiger charge is -2.31. The van der Waals surface area contributed by atoms with Gasteiger partial charge in [0.1, 0.15) is 23.9 Å². The van der Waals surface area contributed by atoms with Crippen LogP contribution in [-0.2, 0) is 29.1 Å². The number of hydrogen-bond acceptors (Lipinski definition) is 5. The predicted octanol–water partition coefficient (Wildman–Crippen LogP) is 4.15. The average molecular weight is 494 g/mol. The maximum atomic E-state index is 13.9. The second kappa shape index (κ2) is 11.3. The van der Waals surface area contributed by atoms with Crippen LogP contribution in [0.15, 0.2) is 108 Å². The van der Waals surface area contributed by atoms with E-state index in [-0.39, 0.29) is 24.9 Å². The minimum absolute atomic E-state index is 0.0376. The summed E-state index contributed by atoms with van der Waals surface area (Å²) in [5, 5.41) is 11.3. The van der Waals surface area contributed by atoms with E-state index in [2.05, 4.69) is 15.6 Å². The Bertz CT molecular complexity index is 1450. The Morgan fingerprint density at radius 1 is 0.892 bits per heavy atom. The highest BCUT2D eigenvalue weighted by Gasteiger charge is 2.31. The van der Waals surface area contributed by atoms with Crippen molar-refractivity contribution in [1.82, 2.24) is 25.2 Å². The molecule has 0 spiro atoms. The second-order valence-electron chi connectivity index (χ2n) is 8.67. The third kappa shape index (κ3) is 5.75. The fraction of sp³-hybridized carbons (Fsp3) is 0.172. The van der Waals surface area contributed by atoms with Crippen LogP contribution in [0.2, 0.25) is 0 Å². The Labute approximate surface area is 214 Å². The number of carbonyl (C=O) groups is 2. The molecule has 5 aromatic rings. The normalized spacial score (nSPS) is 11.8. The molecule has 0 aliphatic heterocycles. The van der Waals surface area contributed by atoms with E-state index in [0.29, 0.717) is 24.2 Å². The lowest BCUT2D eigenvalue weighted by molar-refractivity contribution is -0.141. The molecule has 5 rings (SSSR count). The van der Waals surface area contributed by atoms with E-state index in [1.54, 1.807) is 28.0 Å². The van der Waals surface area contributed by atoms with Crippen molar-refractivity contribution in [3.63, 3.8) is 0 Å². The van der Waals surface area contributed by atoms with Gasteiger partial charge in [0, 0.05) is 6.54 Å². The molecule has 0 bridgehead atoms. The van der Waals surface area contributed by atoms with Crippen molar-refractivity contribution >= 4 is 22.8 Å². The van der Waals surface area contributed by atoms with Gasteiger partial charge < -0.3 is 14.6 Å². The molecule has 1 unspecified atom stereocenters. The van der Waals surface area contributed by atoms with Crippen molar-refractivity contribution < 1.29 is 14.0 Å². The number of benzene rings is 3. The number of amides is 2. The van der Waals surface area contributed by atoms with E-state index in [9.17, 15) is 9.59 Å². The summed E-state index contributed by atoms with van der Waals surface area (Å²) >= 11 is 0. The van der Waals surface area contributed by atoms with Gasteiger partial charge in [0.05, 0.1) is 18.3 Å². The van der Waals surface area contributed by atoms with E-state index < -0.39 is 6.04 Å². The molecule has 2 amide bonds. The zero-order valence-electron chi connectivity index (χ0n) is 20.2. The van der Waals surface area contributed by atoms with Gasteiger partial charge in [0.25, 0.3) is 0 Å². The molecule has 0 saturated carbocycles. The van der Waals surface area contributed by atoms with Gasteiger partial charge in [-0.15, -0.1) is 5.10 Å². The van der Waals surface area contributed by atoms with Gasteiger partial charge in [-0.1, -0.05) is 78.0 Å². The van der Waals surface area contributed by atoms with E-state index >= 15 is 0 Å².